The first-order chi connectivity index (χ1) is 10.0. The molecule has 124 valence electrons. The average Bonchev–Trinajstić information content (AvgIpc) is 2.89. The van der Waals surface area contributed by atoms with Gasteiger partial charge in [0.05, 0.1) is 12.6 Å². The molecule has 0 aliphatic carbocycles. The van der Waals surface area contributed by atoms with E-state index in [1.807, 2.05) is 0 Å². The number of nitrogens with zero attached hydrogens (tertiary/aromatic N) is 2. The van der Waals surface area contributed by atoms with Gasteiger partial charge in [-0.05, 0) is 50.5 Å². The second-order valence-electron chi connectivity index (χ2n) is 6.63. The maximum absolute atomic E-state index is 12.5. The minimum Gasteiger partial charge on any atom is -0.444 e. The van der Waals surface area contributed by atoms with Gasteiger partial charge < -0.3 is 14.6 Å². The lowest BCUT2D eigenvalue weighted by molar-refractivity contribution is -0.0679. The van der Waals surface area contributed by atoms with Crippen LogP contribution >= 0.6 is 27.3 Å². The lowest BCUT2D eigenvalue weighted by Crippen LogP contribution is -2.51. The van der Waals surface area contributed by atoms with Crippen LogP contribution in [-0.4, -0.2) is 45.1 Å². The van der Waals surface area contributed by atoms with Gasteiger partial charge in [-0.1, -0.05) is 0 Å². The van der Waals surface area contributed by atoms with Crippen LogP contribution in [0.4, 0.5) is 4.79 Å². The van der Waals surface area contributed by atoms with Crippen molar-refractivity contribution >= 4 is 33.4 Å². The highest BCUT2D eigenvalue weighted by Crippen LogP contribution is 2.36. The number of rotatable bonds is 2. The van der Waals surface area contributed by atoms with Crippen molar-refractivity contribution in [3.8, 4) is 0 Å². The summed E-state index contributed by atoms with van der Waals surface area (Å²) in [6.07, 6.45) is -1.43. The van der Waals surface area contributed by atoms with Gasteiger partial charge >= 0.3 is 6.09 Å². The Balaban J connectivity index is 2.24. The number of aromatic nitrogens is 1. The van der Waals surface area contributed by atoms with E-state index in [2.05, 4.69) is 20.9 Å². The van der Waals surface area contributed by atoms with Gasteiger partial charge in [0.2, 0.25) is 0 Å². The van der Waals surface area contributed by atoms with Crippen LogP contribution in [0, 0.1) is 0 Å². The van der Waals surface area contributed by atoms with Gasteiger partial charge in [-0.3, -0.25) is 4.90 Å². The van der Waals surface area contributed by atoms with Crippen molar-refractivity contribution in [2.75, 3.05) is 6.61 Å². The van der Waals surface area contributed by atoms with E-state index in [0.717, 1.165) is 0 Å². The van der Waals surface area contributed by atoms with E-state index in [9.17, 15) is 9.90 Å². The van der Waals surface area contributed by atoms with Crippen molar-refractivity contribution in [1.82, 2.24) is 9.88 Å². The van der Waals surface area contributed by atoms with Crippen molar-refractivity contribution in [3.05, 3.63) is 15.0 Å². The molecule has 2 heterocycles. The summed E-state index contributed by atoms with van der Waals surface area (Å²) in [6, 6.07) is -0.539. The summed E-state index contributed by atoms with van der Waals surface area (Å²) in [4.78, 5) is 18.2. The Morgan fingerprint density at radius 2 is 2.27 bits per heavy atom. The monoisotopic (exact) mass is 392 g/mol. The Morgan fingerprint density at radius 1 is 1.64 bits per heavy atom. The fourth-order valence-corrected chi connectivity index (χ4v) is 3.61. The van der Waals surface area contributed by atoms with E-state index >= 15 is 0 Å². The molecule has 0 aromatic carbocycles. The second kappa shape index (κ2) is 6.07. The zero-order valence-corrected chi connectivity index (χ0v) is 15.7. The third kappa shape index (κ3) is 3.79. The first kappa shape index (κ1) is 17.7. The molecule has 1 aromatic rings. The summed E-state index contributed by atoms with van der Waals surface area (Å²) in [5.74, 6) is 0. The predicted molar refractivity (Wildman–Crippen MR) is 86.7 cm³/mol. The zero-order chi connectivity index (χ0) is 16.7. The summed E-state index contributed by atoms with van der Waals surface area (Å²) in [5, 5.41) is 12.9. The van der Waals surface area contributed by atoms with E-state index in [1.165, 1.54) is 16.2 Å². The van der Waals surface area contributed by atoms with Gasteiger partial charge in [0.25, 0.3) is 0 Å². The SMILES string of the molecule is CC(C)(C)OC(=O)N1[C@@H]([C@@H](O)c2nc(Br)cs2)COC1(C)C. The Kier molecular flexibility index (Phi) is 4.87. The normalized spacial score (nSPS) is 22.7. The molecule has 22 heavy (non-hydrogen) atoms. The molecule has 1 aromatic heterocycles. The molecule has 1 aliphatic rings. The van der Waals surface area contributed by atoms with E-state index in [4.69, 9.17) is 9.47 Å². The van der Waals surface area contributed by atoms with Gasteiger partial charge in [-0.15, -0.1) is 11.3 Å². The topological polar surface area (TPSA) is 71.9 Å². The number of ether oxygens (including phenoxy) is 2. The summed E-state index contributed by atoms with van der Waals surface area (Å²) < 4.78 is 11.8. The molecule has 0 saturated carbocycles. The van der Waals surface area contributed by atoms with Crippen LogP contribution in [0.1, 0.15) is 45.7 Å². The lowest BCUT2D eigenvalue weighted by atomic mass is 10.1. The molecule has 0 radical (unpaired) electrons. The number of carbonyl (C=O) groups excluding carboxylic acids is 1. The number of hydrogen-bond acceptors (Lipinski definition) is 6. The summed E-state index contributed by atoms with van der Waals surface area (Å²) >= 11 is 4.60. The van der Waals surface area contributed by atoms with Crippen LogP contribution < -0.4 is 0 Å². The van der Waals surface area contributed by atoms with E-state index in [0.29, 0.717) is 9.61 Å². The highest BCUT2D eigenvalue weighted by molar-refractivity contribution is 9.10. The summed E-state index contributed by atoms with van der Waals surface area (Å²) in [6.45, 7) is 9.20. The lowest BCUT2D eigenvalue weighted by Gasteiger charge is -2.36. The molecule has 1 fully saturated rings. The molecular weight excluding hydrogens is 372 g/mol. The summed E-state index contributed by atoms with van der Waals surface area (Å²) in [7, 11) is 0. The summed E-state index contributed by atoms with van der Waals surface area (Å²) in [5.41, 5.74) is -1.46. The third-order valence-electron chi connectivity index (χ3n) is 3.22. The van der Waals surface area contributed by atoms with E-state index in [-0.39, 0.29) is 6.61 Å². The highest BCUT2D eigenvalue weighted by atomic mass is 79.9. The first-order valence-electron chi connectivity index (χ1n) is 6.96. The molecule has 2 atom stereocenters. The van der Waals surface area contributed by atoms with Crippen molar-refractivity contribution in [3.63, 3.8) is 0 Å². The van der Waals surface area contributed by atoms with Crippen LogP contribution in [0.2, 0.25) is 0 Å². The number of halogens is 1. The number of amides is 1. The molecule has 8 heteroatoms. The molecule has 1 N–H and O–H groups in total. The predicted octanol–water partition coefficient (Wildman–Crippen LogP) is 3.31. The van der Waals surface area contributed by atoms with Gasteiger partial charge in [0.15, 0.2) is 0 Å². The van der Waals surface area contributed by atoms with Crippen LogP contribution in [0.25, 0.3) is 0 Å². The smallest absolute Gasteiger partial charge is 0.413 e. The minimum absolute atomic E-state index is 0.227. The molecule has 0 spiro atoms. The third-order valence-corrected chi connectivity index (χ3v) is 4.85. The van der Waals surface area contributed by atoms with Gasteiger partial charge in [0.1, 0.15) is 27.0 Å². The highest BCUT2D eigenvalue weighted by Gasteiger charge is 2.49. The van der Waals surface area contributed by atoms with Crippen LogP contribution in [0.3, 0.4) is 0 Å². The molecule has 1 aliphatic heterocycles. The standard InChI is InChI=1S/C14H21BrN2O4S/c1-13(2,3)21-12(19)17-8(6-20-14(17,4)5)10(18)11-16-9(15)7-22-11/h7-8,10,18H,6H2,1-5H3/t8-,10-/m1/s1. The van der Waals surface area contributed by atoms with Gasteiger partial charge in [0, 0.05) is 5.38 Å². The molecule has 0 bridgehead atoms. The molecule has 1 amide bonds. The Morgan fingerprint density at radius 3 is 2.77 bits per heavy atom. The minimum atomic E-state index is -0.925. The molecule has 6 nitrogen and oxygen atoms in total. The van der Waals surface area contributed by atoms with Gasteiger partial charge in [-0.25, -0.2) is 9.78 Å². The average molecular weight is 393 g/mol. The number of aliphatic hydroxyl groups is 1. The molecule has 2 rings (SSSR count). The quantitative estimate of drug-likeness (QED) is 0.835. The number of thiazole rings is 1. The van der Waals surface area contributed by atoms with Crippen molar-refractivity contribution < 1.29 is 19.4 Å². The van der Waals surface area contributed by atoms with Crippen LogP contribution in [-0.2, 0) is 9.47 Å². The zero-order valence-electron chi connectivity index (χ0n) is 13.3. The Labute approximate surface area is 142 Å². The maximum Gasteiger partial charge on any atom is 0.413 e. The van der Waals surface area contributed by atoms with E-state index < -0.39 is 29.6 Å². The van der Waals surface area contributed by atoms with Crippen molar-refractivity contribution in [2.45, 2.75) is 58.1 Å². The maximum atomic E-state index is 12.5. The van der Waals surface area contributed by atoms with Crippen LogP contribution in [0.15, 0.2) is 9.98 Å². The second-order valence-corrected chi connectivity index (χ2v) is 8.33. The fourth-order valence-electron chi connectivity index (χ4n) is 2.30. The molecule has 0 unspecified atom stereocenters. The number of aliphatic hydroxyl groups excluding tert-OH is 1. The Hall–Kier alpha value is -0.700. The molecule has 1 saturated heterocycles. The van der Waals surface area contributed by atoms with Crippen molar-refractivity contribution in [2.24, 2.45) is 0 Å². The Bertz CT molecular complexity index is 555. The number of hydrogen-bond donors (Lipinski definition) is 1. The molecular formula is C14H21BrN2O4S. The van der Waals surface area contributed by atoms with Crippen LogP contribution in [0.5, 0.6) is 0 Å². The van der Waals surface area contributed by atoms with Crippen molar-refractivity contribution in [1.29, 1.82) is 0 Å². The fraction of sp³-hybridized carbons (Fsp3) is 0.714. The first-order valence-corrected chi connectivity index (χ1v) is 8.64. The largest absolute Gasteiger partial charge is 0.444 e. The van der Waals surface area contributed by atoms with Gasteiger partial charge in [-0.2, -0.15) is 0 Å². The number of carbonyl (C=O) groups is 1. The van der Waals surface area contributed by atoms with E-state index in [1.54, 1.807) is 40.0 Å².